The molecule has 1 aliphatic rings. The maximum Gasteiger partial charge on any atom is 0.343 e. The van der Waals surface area contributed by atoms with Crippen LogP contribution in [0.15, 0.2) is 59.5 Å². The Kier molecular flexibility index (Phi) is 5.03. The van der Waals surface area contributed by atoms with Gasteiger partial charge in [-0.1, -0.05) is 41.9 Å². The Bertz CT molecular complexity index is 1140. The van der Waals surface area contributed by atoms with Crippen LogP contribution in [0.1, 0.15) is 29.1 Å². The van der Waals surface area contributed by atoms with Gasteiger partial charge in [-0.3, -0.25) is 4.79 Å². The fourth-order valence-electron chi connectivity index (χ4n) is 3.33. The number of carbonyl (C=O) groups excluding carboxylic acids is 1. The molecule has 0 spiro atoms. The monoisotopic (exact) mass is 411 g/mol. The number of aromatic nitrogens is 1. The Morgan fingerprint density at radius 3 is 2.66 bits per heavy atom. The van der Waals surface area contributed by atoms with Gasteiger partial charge < -0.3 is 18.8 Å². The van der Waals surface area contributed by atoms with Crippen molar-refractivity contribution in [1.82, 2.24) is 4.57 Å². The first kappa shape index (κ1) is 19.1. The van der Waals surface area contributed by atoms with Gasteiger partial charge >= 0.3 is 5.97 Å². The molecule has 0 saturated carbocycles. The van der Waals surface area contributed by atoms with Gasteiger partial charge in [0.05, 0.1) is 24.4 Å². The van der Waals surface area contributed by atoms with E-state index in [4.69, 9.17) is 25.8 Å². The van der Waals surface area contributed by atoms with Crippen molar-refractivity contribution in [1.29, 1.82) is 0 Å². The van der Waals surface area contributed by atoms with Crippen LogP contribution in [0.2, 0.25) is 5.02 Å². The zero-order valence-electron chi connectivity index (χ0n) is 15.8. The van der Waals surface area contributed by atoms with Crippen LogP contribution in [-0.4, -0.2) is 24.3 Å². The third kappa shape index (κ3) is 3.36. The second-order valence-corrected chi connectivity index (χ2v) is 6.84. The number of hydrogen-bond donors (Lipinski definition) is 0. The van der Waals surface area contributed by atoms with Crippen LogP contribution >= 0.6 is 11.6 Å². The zero-order chi connectivity index (χ0) is 20.5. The summed E-state index contributed by atoms with van der Waals surface area (Å²) in [7, 11) is 1.52. The number of fused-ring (bicyclic) bond motifs is 3. The molecule has 3 aromatic rings. The van der Waals surface area contributed by atoms with Gasteiger partial charge in [-0.15, -0.1) is 0 Å². The second kappa shape index (κ2) is 7.64. The normalized spacial score (nSPS) is 14.4. The Morgan fingerprint density at radius 1 is 1.21 bits per heavy atom. The van der Waals surface area contributed by atoms with E-state index in [0.717, 1.165) is 5.56 Å². The van der Waals surface area contributed by atoms with E-state index in [9.17, 15) is 9.59 Å². The minimum absolute atomic E-state index is 0.0526. The van der Waals surface area contributed by atoms with Crippen molar-refractivity contribution in [2.24, 2.45) is 0 Å². The SMILES string of the molecule is CCOC(=O)c1cn2c(cc1=O)-c1cc(Cl)c(OC)cc1OC2c1ccccc1. The van der Waals surface area contributed by atoms with E-state index in [0.29, 0.717) is 27.8 Å². The minimum Gasteiger partial charge on any atom is -0.495 e. The Morgan fingerprint density at radius 2 is 1.97 bits per heavy atom. The van der Waals surface area contributed by atoms with Gasteiger partial charge in [0, 0.05) is 29.5 Å². The quantitative estimate of drug-likeness (QED) is 0.599. The summed E-state index contributed by atoms with van der Waals surface area (Å²) >= 11 is 6.30. The summed E-state index contributed by atoms with van der Waals surface area (Å²) in [5.74, 6) is 0.331. The molecule has 29 heavy (non-hydrogen) atoms. The molecule has 6 nitrogen and oxygen atoms in total. The van der Waals surface area contributed by atoms with Crippen LogP contribution in [0.3, 0.4) is 0 Å². The van der Waals surface area contributed by atoms with Crippen molar-refractivity contribution in [2.45, 2.75) is 13.2 Å². The van der Waals surface area contributed by atoms with E-state index in [-0.39, 0.29) is 12.2 Å². The number of esters is 1. The molecule has 2 aromatic carbocycles. The van der Waals surface area contributed by atoms with Gasteiger partial charge in [0.2, 0.25) is 6.23 Å². The number of methoxy groups -OCH3 is 1. The molecule has 7 heteroatoms. The summed E-state index contributed by atoms with van der Waals surface area (Å²) in [6.07, 6.45) is 0.896. The van der Waals surface area contributed by atoms with Gasteiger partial charge in [-0.05, 0) is 13.0 Å². The summed E-state index contributed by atoms with van der Waals surface area (Å²) in [6.45, 7) is 1.87. The summed E-state index contributed by atoms with van der Waals surface area (Å²) < 4.78 is 18.3. The number of carbonyl (C=O) groups is 1. The molecule has 0 bridgehead atoms. The maximum absolute atomic E-state index is 12.7. The molecule has 148 valence electrons. The van der Waals surface area contributed by atoms with Gasteiger partial charge in [-0.2, -0.15) is 0 Å². The fraction of sp³-hybridized carbons (Fsp3) is 0.182. The highest BCUT2D eigenvalue weighted by molar-refractivity contribution is 6.32. The van der Waals surface area contributed by atoms with Crippen LogP contribution in [0.4, 0.5) is 0 Å². The summed E-state index contributed by atoms with van der Waals surface area (Å²) in [4.78, 5) is 24.9. The van der Waals surface area contributed by atoms with Crippen molar-refractivity contribution >= 4 is 17.6 Å². The predicted octanol–water partition coefficient (Wildman–Crippen LogP) is 4.29. The first-order valence-corrected chi connectivity index (χ1v) is 9.44. The number of nitrogens with zero attached hydrogens (tertiary/aromatic N) is 1. The topological polar surface area (TPSA) is 66.8 Å². The van der Waals surface area contributed by atoms with E-state index in [1.165, 1.54) is 19.4 Å². The average molecular weight is 412 g/mol. The lowest BCUT2D eigenvalue weighted by Crippen LogP contribution is -2.28. The zero-order valence-corrected chi connectivity index (χ0v) is 16.6. The number of ether oxygens (including phenoxy) is 3. The van der Waals surface area contributed by atoms with E-state index in [2.05, 4.69) is 0 Å². The highest BCUT2D eigenvalue weighted by Crippen LogP contribution is 2.44. The molecule has 0 N–H and O–H groups in total. The van der Waals surface area contributed by atoms with Crippen LogP contribution in [-0.2, 0) is 4.74 Å². The number of benzene rings is 2. The van der Waals surface area contributed by atoms with Gasteiger partial charge in [0.1, 0.15) is 17.1 Å². The molecular weight excluding hydrogens is 394 g/mol. The molecule has 4 rings (SSSR count). The van der Waals surface area contributed by atoms with Crippen LogP contribution < -0.4 is 14.9 Å². The molecule has 1 aromatic heterocycles. The minimum atomic E-state index is -0.668. The highest BCUT2D eigenvalue weighted by atomic mass is 35.5. The summed E-state index contributed by atoms with van der Waals surface area (Å²) in [5.41, 5.74) is 1.59. The third-order valence-electron chi connectivity index (χ3n) is 4.68. The van der Waals surface area contributed by atoms with Gasteiger partial charge in [0.15, 0.2) is 5.43 Å². The maximum atomic E-state index is 12.7. The molecule has 0 aliphatic carbocycles. The van der Waals surface area contributed by atoms with Crippen molar-refractivity contribution in [3.05, 3.63) is 81.1 Å². The number of halogens is 1. The first-order chi connectivity index (χ1) is 14.0. The molecular formula is C22H18ClNO5. The van der Waals surface area contributed by atoms with Crippen molar-refractivity contribution in [3.8, 4) is 22.8 Å². The van der Waals surface area contributed by atoms with Crippen LogP contribution in [0.25, 0.3) is 11.3 Å². The molecule has 0 saturated heterocycles. The Labute approximate surface area is 172 Å². The van der Waals surface area contributed by atoms with E-state index >= 15 is 0 Å². The number of pyridine rings is 1. The third-order valence-corrected chi connectivity index (χ3v) is 4.98. The molecule has 0 amide bonds. The molecule has 2 heterocycles. The van der Waals surface area contributed by atoms with Crippen molar-refractivity contribution in [2.75, 3.05) is 13.7 Å². The second-order valence-electron chi connectivity index (χ2n) is 6.43. The predicted molar refractivity (Wildman–Crippen MR) is 109 cm³/mol. The first-order valence-electron chi connectivity index (χ1n) is 9.06. The Hall–Kier alpha value is -3.25. The van der Waals surface area contributed by atoms with Gasteiger partial charge in [0.25, 0.3) is 0 Å². The van der Waals surface area contributed by atoms with Crippen LogP contribution in [0.5, 0.6) is 11.5 Å². The molecule has 0 fully saturated rings. The molecule has 1 unspecified atom stereocenters. The average Bonchev–Trinajstić information content (AvgIpc) is 2.73. The highest BCUT2D eigenvalue weighted by Gasteiger charge is 2.29. The van der Waals surface area contributed by atoms with E-state index in [1.54, 1.807) is 23.6 Å². The van der Waals surface area contributed by atoms with Gasteiger partial charge in [-0.25, -0.2) is 4.79 Å². The number of hydrogen-bond acceptors (Lipinski definition) is 5. The van der Waals surface area contributed by atoms with Crippen LogP contribution in [0, 0.1) is 0 Å². The molecule has 0 radical (unpaired) electrons. The lowest BCUT2D eigenvalue weighted by atomic mass is 10.0. The van der Waals surface area contributed by atoms with E-state index < -0.39 is 17.6 Å². The van der Waals surface area contributed by atoms with E-state index in [1.807, 2.05) is 30.3 Å². The smallest absolute Gasteiger partial charge is 0.343 e. The standard InChI is InChI=1S/C22H18ClNO5/c1-3-28-22(26)15-12-24-17(10-18(15)25)14-9-16(23)20(27-2)11-19(14)29-21(24)13-7-5-4-6-8-13/h4-12,21H,3H2,1-2H3. The molecule has 1 atom stereocenters. The Balaban J connectivity index is 1.96. The summed E-state index contributed by atoms with van der Waals surface area (Å²) in [5, 5.41) is 0.390. The number of rotatable bonds is 4. The fourth-order valence-corrected chi connectivity index (χ4v) is 3.57. The largest absolute Gasteiger partial charge is 0.495 e. The van der Waals surface area contributed by atoms with Crippen molar-refractivity contribution < 1.29 is 19.0 Å². The lowest BCUT2D eigenvalue weighted by Gasteiger charge is -2.32. The molecule has 1 aliphatic heterocycles. The lowest BCUT2D eigenvalue weighted by molar-refractivity contribution is 0.0522. The summed E-state index contributed by atoms with van der Waals surface area (Å²) in [6, 6.07) is 14.3. The van der Waals surface area contributed by atoms with Crippen molar-refractivity contribution in [3.63, 3.8) is 0 Å².